The Labute approximate surface area is 102 Å². The molecular formula is C11H12FN5O. The summed E-state index contributed by atoms with van der Waals surface area (Å²) in [7, 11) is 0. The smallest absolute Gasteiger partial charge is 0.168 e. The van der Waals surface area contributed by atoms with Gasteiger partial charge in [0.1, 0.15) is 18.0 Å². The highest BCUT2D eigenvalue weighted by Crippen LogP contribution is 2.33. The number of anilines is 1. The number of alkyl halides is 1. The topological polar surface area (TPSA) is 78.9 Å². The van der Waals surface area contributed by atoms with Gasteiger partial charge in [0.2, 0.25) is 0 Å². The summed E-state index contributed by atoms with van der Waals surface area (Å²) in [5.74, 6) is 0.271. The van der Waals surface area contributed by atoms with E-state index >= 15 is 0 Å². The van der Waals surface area contributed by atoms with E-state index in [-0.39, 0.29) is 18.3 Å². The molecule has 18 heavy (non-hydrogen) atoms. The number of nitrogen functional groups attached to an aromatic ring is 1. The van der Waals surface area contributed by atoms with Crippen LogP contribution in [0.15, 0.2) is 25.3 Å². The molecule has 3 rings (SSSR count). The van der Waals surface area contributed by atoms with Gasteiger partial charge in [0.25, 0.3) is 0 Å². The molecule has 1 aliphatic rings. The van der Waals surface area contributed by atoms with Crippen molar-refractivity contribution in [3.63, 3.8) is 0 Å². The number of halogens is 1. The maximum Gasteiger partial charge on any atom is 0.168 e. The van der Waals surface area contributed by atoms with Crippen molar-refractivity contribution in [1.82, 2.24) is 19.5 Å². The number of hydrogen-bond acceptors (Lipinski definition) is 5. The van der Waals surface area contributed by atoms with Gasteiger partial charge in [-0.3, -0.25) is 4.57 Å². The number of aromatic nitrogens is 4. The van der Waals surface area contributed by atoms with E-state index in [9.17, 15) is 4.39 Å². The monoisotopic (exact) mass is 249 g/mol. The summed E-state index contributed by atoms with van der Waals surface area (Å²) in [4.78, 5) is 12.0. The molecule has 2 N–H and O–H groups in total. The molecule has 0 bridgehead atoms. The molecular weight excluding hydrogens is 237 g/mol. The molecule has 0 spiro atoms. The van der Waals surface area contributed by atoms with Crippen LogP contribution in [0.2, 0.25) is 0 Å². The molecule has 6 nitrogen and oxygen atoms in total. The van der Waals surface area contributed by atoms with Crippen LogP contribution >= 0.6 is 0 Å². The maximum absolute atomic E-state index is 13.9. The van der Waals surface area contributed by atoms with E-state index in [4.69, 9.17) is 10.5 Å². The Morgan fingerprint density at radius 1 is 1.50 bits per heavy atom. The van der Waals surface area contributed by atoms with Gasteiger partial charge < -0.3 is 10.5 Å². The number of rotatable bonds is 2. The lowest BCUT2D eigenvalue weighted by Crippen LogP contribution is -2.16. The zero-order chi connectivity index (χ0) is 12.7. The summed E-state index contributed by atoms with van der Waals surface area (Å²) in [6.07, 6.45) is 2.51. The summed E-state index contributed by atoms with van der Waals surface area (Å²) in [5.41, 5.74) is 6.60. The highest BCUT2D eigenvalue weighted by molar-refractivity contribution is 5.81. The molecule has 7 heteroatoms. The fraction of sp³-hybridized carbons (Fsp3) is 0.364. The average molecular weight is 249 g/mol. The first-order valence-corrected chi connectivity index (χ1v) is 5.56. The Morgan fingerprint density at radius 2 is 2.33 bits per heavy atom. The Bertz CT molecular complexity index is 598. The van der Waals surface area contributed by atoms with Crippen LogP contribution in [0.25, 0.3) is 11.2 Å². The molecule has 1 fully saturated rings. The molecule has 2 aromatic rings. The van der Waals surface area contributed by atoms with Crippen molar-refractivity contribution in [3.8, 4) is 0 Å². The molecule has 0 radical (unpaired) electrons. The second-order valence-corrected chi connectivity index (χ2v) is 4.14. The molecule has 0 unspecified atom stereocenters. The number of imidazole rings is 1. The largest absolute Gasteiger partial charge is 0.382 e. The summed E-state index contributed by atoms with van der Waals surface area (Å²) in [6, 6.07) is 0. The van der Waals surface area contributed by atoms with E-state index in [0.717, 1.165) is 0 Å². The van der Waals surface area contributed by atoms with Crippen LogP contribution in [0.3, 0.4) is 0 Å². The Kier molecular flexibility index (Phi) is 2.48. The zero-order valence-corrected chi connectivity index (χ0v) is 9.53. The number of ether oxygens (including phenoxy) is 1. The van der Waals surface area contributed by atoms with Gasteiger partial charge in [0, 0.05) is 6.42 Å². The van der Waals surface area contributed by atoms with Crippen molar-refractivity contribution in [2.45, 2.75) is 24.9 Å². The minimum Gasteiger partial charge on any atom is -0.382 e. The molecule has 0 saturated carbocycles. The fourth-order valence-electron chi connectivity index (χ4n) is 2.11. The van der Waals surface area contributed by atoms with Gasteiger partial charge >= 0.3 is 0 Å². The molecule has 3 heterocycles. The minimum absolute atomic E-state index is 0.271. The third kappa shape index (κ3) is 1.55. The van der Waals surface area contributed by atoms with Crippen LogP contribution in [0.5, 0.6) is 0 Å². The van der Waals surface area contributed by atoms with Crippen LogP contribution in [0.4, 0.5) is 10.2 Å². The van der Waals surface area contributed by atoms with Gasteiger partial charge in [-0.1, -0.05) is 6.08 Å². The first-order chi connectivity index (χ1) is 8.70. The van der Waals surface area contributed by atoms with Gasteiger partial charge in [-0.05, 0) is 0 Å². The lowest BCUT2D eigenvalue weighted by Gasteiger charge is -2.14. The molecule has 2 aromatic heterocycles. The first-order valence-electron chi connectivity index (χ1n) is 5.56. The molecule has 3 atom stereocenters. The molecule has 1 aliphatic heterocycles. The summed E-state index contributed by atoms with van der Waals surface area (Å²) in [5, 5.41) is 0. The Balaban J connectivity index is 2.05. The lowest BCUT2D eigenvalue weighted by molar-refractivity contribution is 0.000380. The third-order valence-electron chi connectivity index (χ3n) is 3.01. The van der Waals surface area contributed by atoms with Crippen molar-refractivity contribution in [2.75, 3.05) is 5.73 Å². The number of nitrogens with zero attached hydrogens (tertiary/aromatic N) is 4. The molecule has 0 aliphatic carbocycles. The van der Waals surface area contributed by atoms with Gasteiger partial charge in [-0.15, -0.1) is 6.58 Å². The summed E-state index contributed by atoms with van der Waals surface area (Å²) < 4.78 is 21.0. The van der Waals surface area contributed by atoms with E-state index in [2.05, 4.69) is 21.5 Å². The predicted molar refractivity (Wildman–Crippen MR) is 63.4 cm³/mol. The number of fused-ring (bicyclic) bond motifs is 1. The Morgan fingerprint density at radius 3 is 3.06 bits per heavy atom. The first kappa shape index (κ1) is 11.1. The van der Waals surface area contributed by atoms with Crippen molar-refractivity contribution >= 4 is 17.0 Å². The van der Waals surface area contributed by atoms with E-state index in [1.165, 1.54) is 12.7 Å². The normalized spacial score (nSPS) is 27.7. The maximum atomic E-state index is 13.9. The van der Waals surface area contributed by atoms with E-state index in [1.807, 2.05) is 0 Å². The zero-order valence-electron chi connectivity index (χ0n) is 9.53. The summed E-state index contributed by atoms with van der Waals surface area (Å²) in [6.45, 7) is 3.61. The predicted octanol–water partition coefficient (Wildman–Crippen LogP) is 1.22. The third-order valence-corrected chi connectivity index (χ3v) is 3.01. The SMILES string of the molecule is C=C[C@@H]1C[C@@H](F)[C@H](n2cnc3c(N)ncnc32)O1. The van der Waals surface area contributed by atoms with Crippen molar-refractivity contribution in [1.29, 1.82) is 0 Å². The van der Waals surface area contributed by atoms with Crippen molar-refractivity contribution in [2.24, 2.45) is 0 Å². The molecule has 1 saturated heterocycles. The van der Waals surface area contributed by atoms with Crippen LogP contribution in [-0.4, -0.2) is 31.8 Å². The summed E-state index contributed by atoms with van der Waals surface area (Å²) >= 11 is 0. The van der Waals surface area contributed by atoms with Crippen LogP contribution in [0, 0.1) is 0 Å². The van der Waals surface area contributed by atoms with E-state index < -0.39 is 12.4 Å². The van der Waals surface area contributed by atoms with Crippen LogP contribution in [0.1, 0.15) is 12.6 Å². The van der Waals surface area contributed by atoms with E-state index in [1.54, 1.807) is 10.6 Å². The minimum atomic E-state index is -1.12. The Hall–Kier alpha value is -2.02. The molecule has 0 aromatic carbocycles. The second-order valence-electron chi connectivity index (χ2n) is 4.14. The van der Waals surface area contributed by atoms with Gasteiger partial charge in [0.15, 0.2) is 17.7 Å². The lowest BCUT2D eigenvalue weighted by atomic mass is 10.2. The second kappa shape index (κ2) is 4.02. The van der Waals surface area contributed by atoms with Crippen molar-refractivity contribution in [3.05, 3.63) is 25.3 Å². The highest BCUT2D eigenvalue weighted by Gasteiger charge is 2.36. The van der Waals surface area contributed by atoms with Gasteiger partial charge in [-0.2, -0.15) is 0 Å². The van der Waals surface area contributed by atoms with Crippen LogP contribution in [-0.2, 0) is 4.74 Å². The van der Waals surface area contributed by atoms with Gasteiger partial charge in [0.05, 0.1) is 12.4 Å². The fourth-order valence-corrected chi connectivity index (χ4v) is 2.11. The van der Waals surface area contributed by atoms with Crippen molar-refractivity contribution < 1.29 is 9.13 Å². The number of nitrogens with two attached hydrogens (primary N) is 1. The van der Waals surface area contributed by atoms with Crippen LogP contribution < -0.4 is 5.73 Å². The van der Waals surface area contributed by atoms with E-state index in [0.29, 0.717) is 11.2 Å². The quantitative estimate of drug-likeness (QED) is 0.809. The molecule has 94 valence electrons. The molecule has 0 amide bonds. The standard InChI is InChI=1S/C11H12FN5O/c1-2-6-3-7(12)11(18-6)17-5-16-8-9(13)14-4-15-10(8)17/h2,4-7,11H,1,3H2,(H2,13,14,15)/t6-,7-,11-/m1/s1. The number of hydrogen-bond donors (Lipinski definition) is 1. The highest BCUT2D eigenvalue weighted by atomic mass is 19.1. The van der Waals surface area contributed by atoms with Gasteiger partial charge in [-0.25, -0.2) is 19.3 Å². The average Bonchev–Trinajstić information content (AvgIpc) is 2.93.